The van der Waals surface area contributed by atoms with Gasteiger partial charge in [0.15, 0.2) is 0 Å². The van der Waals surface area contributed by atoms with Crippen LogP contribution in [0.25, 0.3) is 10.9 Å². The highest BCUT2D eigenvalue weighted by molar-refractivity contribution is 9.10. The largest absolute Gasteiger partial charge is 0.490 e. The summed E-state index contributed by atoms with van der Waals surface area (Å²) in [6.45, 7) is 7.27. The van der Waals surface area contributed by atoms with Crippen molar-refractivity contribution in [1.82, 2.24) is 14.9 Å². The molecule has 2 aromatic rings. The van der Waals surface area contributed by atoms with Crippen LogP contribution in [-0.2, 0) is 9.47 Å². The molecule has 1 aromatic heterocycles. The van der Waals surface area contributed by atoms with Crippen LogP contribution in [-0.4, -0.2) is 59.0 Å². The lowest BCUT2D eigenvalue weighted by Crippen LogP contribution is -2.49. The van der Waals surface area contributed by atoms with Crippen LogP contribution < -0.4 is 4.74 Å². The first-order chi connectivity index (χ1) is 12.3. The van der Waals surface area contributed by atoms with Gasteiger partial charge in [-0.1, -0.05) is 15.9 Å². The van der Waals surface area contributed by atoms with Crippen LogP contribution >= 0.6 is 15.9 Å². The van der Waals surface area contributed by atoms with Crippen LogP contribution in [0.15, 0.2) is 29.1 Å². The number of ether oxygens (including phenoxy) is 3. The van der Waals surface area contributed by atoms with Gasteiger partial charge in [0.25, 0.3) is 0 Å². The summed E-state index contributed by atoms with van der Waals surface area (Å²) >= 11 is 3.46. The third kappa shape index (κ3) is 4.82. The van der Waals surface area contributed by atoms with Crippen LogP contribution in [0.5, 0.6) is 5.75 Å². The molecular weight excluding hydrogens is 402 g/mol. The first kappa shape index (κ1) is 18.8. The lowest BCUT2D eigenvalue weighted by atomic mass is 10.2. The molecule has 0 unspecified atom stereocenters. The normalized spacial score (nSPS) is 18.0. The number of benzene rings is 1. The first-order valence-corrected chi connectivity index (χ1v) is 9.23. The van der Waals surface area contributed by atoms with Crippen LogP contribution in [0.4, 0.5) is 4.79 Å². The number of morpholine rings is 1. The van der Waals surface area contributed by atoms with E-state index in [0.717, 1.165) is 15.4 Å². The minimum absolute atomic E-state index is 0.227. The molecule has 1 atom stereocenters. The molecule has 1 aliphatic heterocycles. The van der Waals surface area contributed by atoms with Crippen molar-refractivity contribution in [2.45, 2.75) is 32.5 Å². The molecule has 1 saturated heterocycles. The smallest absolute Gasteiger partial charge is 0.410 e. The summed E-state index contributed by atoms with van der Waals surface area (Å²) in [6, 6.07) is 3.78. The zero-order valence-electron chi connectivity index (χ0n) is 15.1. The molecule has 3 rings (SSSR count). The van der Waals surface area contributed by atoms with E-state index in [1.165, 1.54) is 6.33 Å². The van der Waals surface area contributed by atoms with Crippen molar-refractivity contribution in [2.24, 2.45) is 0 Å². The molecule has 140 valence electrons. The number of carbonyl (C=O) groups is 1. The van der Waals surface area contributed by atoms with E-state index in [1.54, 1.807) is 11.1 Å². The fourth-order valence-electron chi connectivity index (χ4n) is 2.63. The third-order valence-corrected chi connectivity index (χ3v) is 4.23. The summed E-state index contributed by atoms with van der Waals surface area (Å²) in [5.74, 6) is 0.674. The summed E-state index contributed by atoms with van der Waals surface area (Å²) in [7, 11) is 0. The Morgan fingerprint density at radius 3 is 3.00 bits per heavy atom. The van der Waals surface area contributed by atoms with Gasteiger partial charge in [0.1, 0.15) is 30.4 Å². The van der Waals surface area contributed by atoms with E-state index in [0.29, 0.717) is 32.1 Å². The van der Waals surface area contributed by atoms with E-state index in [2.05, 4.69) is 25.9 Å². The number of halogens is 1. The van der Waals surface area contributed by atoms with Gasteiger partial charge in [0, 0.05) is 17.2 Å². The summed E-state index contributed by atoms with van der Waals surface area (Å²) in [5, 5.41) is 0.829. The minimum Gasteiger partial charge on any atom is -0.490 e. The fraction of sp³-hybridized carbons (Fsp3) is 0.500. The second kappa shape index (κ2) is 7.75. The maximum absolute atomic E-state index is 12.2. The first-order valence-electron chi connectivity index (χ1n) is 8.43. The Labute approximate surface area is 160 Å². The topological polar surface area (TPSA) is 73.8 Å². The van der Waals surface area contributed by atoms with Crippen molar-refractivity contribution in [2.75, 3.05) is 26.3 Å². The van der Waals surface area contributed by atoms with E-state index in [4.69, 9.17) is 14.2 Å². The van der Waals surface area contributed by atoms with Crippen molar-refractivity contribution >= 4 is 32.9 Å². The Hall–Kier alpha value is -1.93. The number of hydrogen-bond donors (Lipinski definition) is 0. The molecule has 0 saturated carbocycles. The van der Waals surface area contributed by atoms with E-state index in [1.807, 2.05) is 32.9 Å². The van der Waals surface area contributed by atoms with Gasteiger partial charge in [-0.05, 0) is 32.9 Å². The lowest BCUT2D eigenvalue weighted by Gasteiger charge is -2.34. The van der Waals surface area contributed by atoms with Gasteiger partial charge in [-0.15, -0.1) is 0 Å². The highest BCUT2D eigenvalue weighted by Crippen LogP contribution is 2.28. The molecule has 1 aromatic carbocycles. The Bertz CT molecular complexity index is 794. The van der Waals surface area contributed by atoms with Gasteiger partial charge in [0.2, 0.25) is 0 Å². The lowest BCUT2D eigenvalue weighted by molar-refractivity contribution is -0.0555. The van der Waals surface area contributed by atoms with E-state index in [-0.39, 0.29) is 12.2 Å². The van der Waals surface area contributed by atoms with E-state index < -0.39 is 5.60 Å². The maximum atomic E-state index is 12.2. The number of fused-ring (bicyclic) bond motifs is 1. The molecule has 0 bridgehead atoms. The van der Waals surface area contributed by atoms with Gasteiger partial charge in [-0.3, -0.25) is 0 Å². The molecule has 0 aliphatic carbocycles. The molecule has 1 amide bonds. The second-order valence-electron chi connectivity index (χ2n) is 7.09. The Morgan fingerprint density at radius 2 is 2.23 bits per heavy atom. The number of carbonyl (C=O) groups excluding carboxylic acids is 1. The van der Waals surface area contributed by atoms with E-state index in [9.17, 15) is 4.79 Å². The van der Waals surface area contributed by atoms with Gasteiger partial charge in [-0.2, -0.15) is 0 Å². The van der Waals surface area contributed by atoms with Gasteiger partial charge in [0.05, 0.1) is 24.1 Å². The SMILES string of the molecule is CC(C)(C)OC(=O)N1CCO[C@H](COc2cc(Br)cc3ncncc23)C1. The second-order valence-corrected chi connectivity index (χ2v) is 8.01. The minimum atomic E-state index is -0.517. The fourth-order valence-corrected chi connectivity index (χ4v) is 3.06. The predicted molar refractivity (Wildman–Crippen MR) is 100 cm³/mol. The quantitative estimate of drug-likeness (QED) is 0.752. The van der Waals surface area contributed by atoms with Crippen LogP contribution in [0.1, 0.15) is 20.8 Å². The molecule has 0 radical (unpaired) electrons. The Morgan fingerprint density at radius 1 is 1.42 bits per heavy atom. The average Bonchev–Trinajstić information content (AvgIpc) is 2.58. The molecule has 0 spiro atoms. The molecule has 0 N–H and O–H groups in total. The third-order valence-electron chi connectivity index (χ3n) is 3.77. The Kier molecular flexibility index (Phi) is 5.62. The van der Waals surface area contributed by atoms with E-state index >= 15 is 0 Å². The highest BCUT2D eigenvalue weighted by atomic mass is 79.9. The van der Waals surface area contributed by atoms with Crippen molar-refractivity contribution in [3.05, 3.63) is 29.1 Å². The Balaban J connectivity index is 1.64. The molecule has 7 nitrogen and oxygen atoms in total. The van der Waals surface area contributed by atoms with Crippen molar-refractivity contribution in [3.8, 4) is 5.75 Å². The van der Waals surface area contributed by atoms with Crippen molar-refractivity contribution in [3.63, 3.8) is 0 Å². The summed E-state index contributed by atoms with van der Waals surface area (Å²) in [6.07, 6.45) is 2.67. The zero-order valence-corrected chi connectivity index (χ0v) is 16.7. The molecule has 1 aliphatic rings. The van der Waals surface area contributed by atoms with Gasteiger partial charge in [-0.25, -0.2) is 14.8 Å². The number of aromatic nitrogens is 2. The summed E-state index contributed by atoms with van der Waals surface area (Å²) in [5.41, 5.74) is 0.278. The standard InChI is InChI=1S/C18H22BrN3O4/c1-18(2,3)26-17(23)22-4-5-24-13(9-22)10-25-16-7-12(19)6-15-14(16)8-20-11-21-15/h6-8,11,13H,4-5,9-10H2,1-3H3/t13-/m0/s1. The number of nitrogens with zero attached hydrogens (tertiary/aromatic N) is 3. The van der Waals surface area contributed by atoms with Gasteiger partial charge < -0.3 is 19.1 Å². The molecule has 26 heavy (non-hydrogen) atoms. The maximum Gasteiger partial charge on any atom is 0.410 e. The molecule has 1 fully saturated rings. The van der Waals surface area contributed by atoms with Crippen LogP contribution in [0.2, 0.25) is 0 Å². The van der Waals surface area contributed by atoms with Crippen molar-refractivity contribution < 1.29 is 19.0 Å². The zero-order chi connectivity index (χ0) is 18.7. The summed E-state index contributed by atoms with van der Waals surface area (Å²) < 4.78 is 18.0. The molecular formula is C18H22BrN3O4. The van der Waals surface area contributed by atoms with Crippen LogP contribution in [0.3, 0.4) is 0 Å². The van der Waals surface area contributed by atoms with Crippen LogP contribution in [0, 0.1) is 0 Å². The summed E-state index contributed by atoms with van der Waals surface area (Å²) in [4.78, 5) is 22.2. The highest BCUT2D eigenvalue weighted by Gasteiger charge is 2.28. The average molecular weight is 424 g/mol. The number of amides is 1. The van der Waals surface area contributed by atoms with Gasteiger partial charge >= 0.3 is 6.09 Å². The van der Waals surface area contributed by atoms with Crippen molar-refractivity contribution in [1.29, 1.82) is 0 Å². The monoisotopic (exact) mass is 423 g/mol. The number of hydrogen-bond acceptors (Lipinski definition) is 6. The molecule has 8 heteroatoms. The number of rotatable bonds is 3. The predicted octanol–water partition coefficient (Wildman–Crippen LogP) is 3.41. The molecule has 2 heterocycles.